The Morgan fingerprint density at radius 3 is 1.45 bits per heavy atom. The zero-order valence-electron chi connectivity index (χ0n) is 21.0. The van der Waals surface area contributed by atoms with Gasteiger partial charge in [-0.3, -0.25) is 19.2 Å². The number of anilines is 2. The Bertz CT molecular complexity index is 1350. The Morgan fingerprint density at radius 2 is 1.07 bits per heavy atom. The maximum atomic E-state index is 12.4. The van der Waals surface area contributed by atoms with E-state index in [2.05, 4.69) is 4.42 Å². The van der Waals surface area contributed by atoms with Crippen LogP contribution in [0.15, 0.2) is 114 Å². The number of carbonyl (C=O) groups is 4. The predicted molar refractivity (Wildman–Crippen MR) is 149 cm³/mol. The molecule has 4 unspecified atom stereocenters. The predicted octanol–water partition coefficient (Wildman–Crippen LogP) is 4.69. The van der Waals surface area contributed by atoms with Gasteiger partial charge in [0.15, 0.2) is 0 Å². The number of hydrogen-bond donors (Lipinski definition) is 0. The fraction of sp³-hybridized carbons (Fsp3) is 0.194. The highest BCUT2D eigenvalue weighted by molar-refractivity contribution is 6.28. The standard InChI is InChI=1S/C14H11NO3.C10H7NO2.C4H4O.C2H3N.CH4/c16-13-11-9-6-7-10(18-9)12(11)14(17)15(13)8-4-2-1-3-5-8;12-9-6-7-10(13)11(9)8-4-2-1-3-5-8;1-2-4-5-3-1;1-2-3;/h1-7,9-12H;1-7H;1-4H;1H3;1H4. The molecule has 3 aromatic rings. The summed E-state index contributed by atoms with van der Waals surface area (Å²) in [6.45, 7) is 1.43. The van der Waals surface area contributed by atoms with Gasteiger partial charge in [-0.1, -0.05) is 56.0 Å². The van der Waals surface area contributed by atoms with Gasteiger partial charge in [-0.2, -0.15) is 5.26 Å². The summed E-state index contributed by atoms with van der Waals surface area (Å²) >= 11 is 0. The molecule has 2 bridgehead atoms. The molecule has 0 saturated carbocycles. The first-order valence-corrected chi connectivity index (χ1v) is 12.1. The summed E-state index contributed by atoms with van der Waals surface area (Å²) in [7, 11) is 0. The molecule has 0 N–H and O–H groups in total. The normalized spacial score (nSPS) is 22.7. The molecule has 204 valence electrons. The van der Waals surface area contributed by atoms with Crippen LogP contribution in [-0.4, -0.2) is 35.8 Å². The molecule has 2 fully saturated rings. The Labute approximate surface area is 232 Å². The number of imide groups is 2. The molecule has 2 aromatic carbocycles. The summed E-state index contributed by atoms with van der Waals surface area (Å²) in [5.74, 6) is -1.48. The minimum atomic E-state index is -0.326. The van der Waals surface area contributed by atoms with E-state index in [9.17, 15) is 19.2 Å². The molecule has 4 aliphatic heterocycles. The van der Waals surface area contributed by atoms with Gasteiger partial charge in [0.1, 0.15) is 0 Å². The summed E-state index contributed by atoms with van der Waals surface area (Å²) in [5.41, 5.74) is 1.27. The third-order valence-electron chi connectivity index (χ3n) is 6.17. The Kier molecular flexibility index (Phi) is 10.1. The summed E-state index contributed by atoms with van der Waals surface area (Å²) < 4.78 is 10.2. The van der Waals surface area contributed by atoms with Crippen molar-refractivity contribution in [1.29, 1.82) is 5.26 Å². The second-order valence-electron chi connectivity index (χ2n) is 8.55. The highest BCUT2D eigenvalue weighted by Gasteiger charge is 2.60. The number of hydrogen-bond acceptors (Lipinski definition) is 7. The van der Waals surface area contributed by atoms with E-state index in [-0.39, 0.29) is 55.1 Å². The van der Waals surface area contributed by atoms with Crippen LogP contribution in [0.5, 0.6) is 0 Å². The van der Waals surface area contributed by atoms with Crippen LogP contribution >= 0.6 is 0 Å². The van der Waals surface area contributed by atoms with E-state index < -0.39 is 0 Å². The highest BCUT2D eigenvalue weighted by atomic mass is 16.5. The van der Waals surface area contributed by atoms with Crippen LogP contribution in [0.3, 0.4) is 0 Å². The molecule has 1 aromatic heterocycles. The van der Waals surface area contributed by atoms with Gasteiger partial charge >= 0.3 is 0 Å². The number of nitriles is 1. The van der Waals surface area contributed by atoms with Gasteiger partial charge in [0, 0.05) is 19.1 Å². The van der Waals surface area contributed by atoms with E-state index in [0.29, 0.717) is 11.4 Å². The number of nitrogens with zero attached hydrogens (tertiary/aromatic N) is 3. The van der Waals surface area contributed by atoms with Crippen LogP contribution in [0.4, 0.5) is 11.4 Å². The van der Waals surface area contributed by atoms with Gasteiger partial charge < -0.3 is 9.15 Å². The van der Waals surface area contributed by atoms with Crippen molar-refractivity contribution in [3.05, 3.63) is 110 Å². The van der Waals surface area contributed by atoms with Crippen LogP contribution in [0.25, 0.3) is 0 Å². The average molecular weight is 540 g/mol. The van der Waals surface area contributed by atoms with Gasteiger partial charge in [-0.15, -0.1) is 0 Å². The number of amides is 4. The average Bonchev–Trinajstić information content (AvgIpc) is 3.79. The number of carbonyl (C=O) groups excluding carboxylic acids is 4. The van der Waals surface area contributed by atoms with E-state index in [1.807, 2.05) is 48.6 Å². The molecule has 7 rings (SSSR count). The van der Waals surface area contributed by atoms with Crippen molar-refractivity contribution in [3.63, 3.8) is 0 Å². The lowest BCUT2D eigenvalue weighted by Crippen LogP contribution is -2.34. The number of rotatable bonds is 2. The third-order valence-corrected chi connectivity index (χ3v) is 6.17. The summed E-state index contributed by atoms with van der Waals surface area (Å²) in [6, 6.07) is 23.4. The first-order chi connectivity index (χ1) is 19.0. The molecule has 0 radical (unpaired) electrons. The first-order valence-electron chi connectivity index (χ1n) is 12.1. The summed E-state index contributed by atoms with van der Waals surface area (Å²) in [6.07, 6.45) is 9.15. The molecular weight excluding hydrogens is 510 g/mol. The maximum Gasteiger partial charge on any atom is 0.258 e. The fourth-order valence-corrected chi connectivity index (χ4v) is 4.59. The van der Waals surface area contributed by atoms with Gasteiger partial charge in [0.05, 0.1) is 54.0 Å². The van der Waals surface area contributed by atoms with E-state index in [1.165, 1.54) is 24.0 Å². The number of para-hydroxylation sites is 2. The molecule has 5 heterocycles. The second kappa shape index (κ2) is 13.6. The number of furan rings is 1. The number of fused-ring (bicyclic) bond motifs is 5. The summed E-state index contributed by atoms with van der Waals surface area (Å²) in [5, 5.41) is 7.32. The molecule has 9 heteroatoms. The number of benzene rings is 2. The molecule has 9 nitrogen and oxygen atoms in total. The van der Waals surface area contributed by atoms with Crippen molar-refractivity contribution in [2.24, 2.45) is 11.8 Å². The van der Waals surface area contributed by atoms with Gasteiger partial charge in [0.2, 0.25) is 11.8 Å². The SMILES string of the molecule is C.CC#N.O=C1C2C3C=CC(O3)C2C(=O)N1c1ccccc1.O=C1C=CC(=O)N1c1ccccc1.c1ccoc1. The molecule has 40 heavy (non-hydrogen) atoms. The van der Waals surface area contributed by atoms with Crippen molar-refractivity contribution in [1.82, 2.24) is 0 Å². The zero-order valence-corrected chi connectivity index (χ0v) is 21.0. The topological polar surface area (TPSA) is 121 Å². The quantitative estimate of drug-likeness (QED) is 0.342. The first kappa shape index (κ1) is 29.5. The second-order valence-corrected chi connectivity index (χ2v) is 8.55. The van der Waals surface area contributed by atoms with Crippen molar-refractivity contribution in [3.8, 4) is 6.07 Å². The highest BCUT2D eigenvalue weighted by Crippen LogP contribution is 2.46. The van der Waals surface area contributed by atoms with Crippen LogP contribution < -0.4 is 9.80 Å². The van der Waals surface area contributed by atoms with Crippen molar-refractivity contribution in [2.75, 3.05) is 9.80 Å². The molecule has 2 saturated heterocycles. The van der Waals surface area contributed by atoms with Crippen LogP contribution in [0.2, 0.25) is 0 Å². The minimum absolute atomic E-state index is 0. The van der Waals surface area contributed by atoms with E-state index in [1.54, 1.807) is 55.0 Å². The third kappa shape index (κ3) is 6.14. The van der Waals surface area contributed by atoms with Crippen LogP contribution in [0, 0.1) is 23.2 Å². The maximum absolute atomic E-state index is 12.4. The van der Waals surface area contributed by atoms with E-state index in [0.717, 1.165) is 4.90 Å². The van der Waals surface area contributed by atoms with Crippen LogP contribution in [0.1, 0.15) is 14.4 Å². The minimum Gasteiger partial charge on any atom is -0.473 e. The van der Waals surface area contributed by atoms with Crippen molar-refractivity contribution >= 4 is 35.0 Å². The molecule has 4 amide bonds. The van der Waals surface area contributed by atoms with E-state index in [4.69, 9.17) is 10.00 Å². The smallest absolute Gasteiger partial charge is 0.258 e. The van der Waals surface area contributed by atoms with E-state index >= 15 is 0 Å². The lowest BCUT2D eigenvalue weighted by atomic mass is 9.85. The van der Waals surface area contributed by atoms with Gasteiger partial charge in [-0.25, -0.2) is 9.80 Å². The molecule has 4 aliphatic rings. The Morgan fingerprint density at radius 1 is 0.675 bits per heavy atom. The van der Waals surface area contributed by atoms with Crippen LogP contribution in [-0.2, 0) is 23.9 Å². The Hall–Kier alpha value is -5.07. The molecule has 0 aliphatic carbocycles. The lowest BCUT2D eigenvalue weighted by Gasteiger charge is -2.17. The zero-order chi connectivity index (χ0) is 27.8. The van der Waals surface area contributed by atoms with Gasteiger partial charge in [0.25, 0.3) is 11.8 Å². The number of ether oxygens (including phenoxy) is 1. The molecular formula is C31H29N3O6. The van der Waals surface area contributed by atoms with Crippen molar-refractivity contribution < 1.29 is 28.3 Å². The van der Waals surface area contributed by atoms with Gasteiger partial charge in [-0.05, 0) is 36.4 Å². The molecule has 4 atom stereocenters. The lowest BCUT2D eigenvalue weighted by molar-refractivity contribution is -0.125. The largest absolute Gasteiger partial charge is 0.473 e. The monoisotopic (exact) mass is 539 g/mol. The Balaban J connectivity index is 0.000000175. The molecule has 0 spiro atoms. The summed E-state index contributed by atoms with van der Waals surface area (Å²) in [4.78, 5) is 49.6. The fourth-order valence-electron chi connectivity index (χ4n) is 4.59. The van der Waals surface area contributed by atoms with Crippen molar-refractivity contribution in [2.45, 2.75) is 26.6 Å².